The number of nitrogens with two attached hydrogens (primary N) is 1. The third-order valence-electron chi connectivity index (χ3n) is 5.03. The topological polar surface area (TPSA) is 73.6 Å². The molecule has 24 heavy (non-hydrogen) atoms. The number of amides is 1. The minimum Gasteiger partial charge on any atom is -0.487 e. The van der Waals surface area contributed by atoms with Gasteiger partial charge in [0.05, 0.1) is 7.11 Å². The van der Waals surface area contributed by atoms with Crippen LogP contribution in [0.2, 0.25) is 0 Å². The Bertz CT molecular complexity index is 773. The molecule has 6 heteroatoms. The van der Waals surface area contributed by atoms with E-state index in [0.29, 0.717) is 23.4 Å². The molecule has 1 aliphatic heterocycles. The van der Waals surface area contributed by atoms with Crippen molar-refractivity contribution in [3.63, 3.8) is 0 Å². The number of hydrogen-bond donors (Lipinski definition) is 2. The molecule has 3 unspecified atom stereocenters. The molecule has 1 saturated carbocycles. The lowest BCUT2D eigenvalue weighted by Gasteiger charge is -2.24. The second-order valence-corrected chi connectivity index (χ2v) is 7.44. The van der Waals surface area contributed by atoms with Crippen LogP contribution in [0.25, 0.3) is 0 Å². The Morgan fingerprint density at radius 2 is 2.08 bits per heavy atom. The van der Waals surface area contributed by atoms with Gasteiger partial charge in [0.15, 0.2) is 10.1 Å². The molecule has 2 aliphatic rings. The molecule has 3 atom stereocenters. The van der Waals surface area contributed by atoms with Crippen LogP contribution >= 0.6 is 11.3 Å². The fourth-order valence-electron chi connectivity index (χ4n) is 3.94. The van der Waals surface area contributed by atoms with Gasteiger partial charge in [0, 0.05) is 11.6 Å². The molecular weight excluding hydrogens is 324 g/mol. The maximum atomic E-state index is 11.8. The molecule has 1 aromatic carbocycles. The second kappa shape index (κ2) is 6.11. The average Bonchev–Trinajstić information content (AvgIpc) is 3.31. The molecule has 2 bridgehead atoms. The van der Waals surface area contributed by atoms with Gasteiger partial charge in [0.25, 0.3) is 0 Å². The molecule has 4 rings (SSSR count). The molecule has 126 valence electrons. The molecule has 1 amide bonds. The van der Waals surface area contributed by atoms with E-state index in [2.05, 4.69) is 5.32 Å². The van der Waals surface area contributed by atoms with Crippen molar-refractivity contribution >= 4 is 17.2 Å². The monoisotopic (exact) mass is 344 g/mol. The van der Waals surface area contributed by atoms with Gasteiger partial charge >= 0.3 is 0 Å². The molecule has 2 fully saturated rings. The van der Waals surface area contributed by atoms with Crippen molar-refractivity contribution in [3.8, 4) is 15.9 Å². The maximum Gasteiger partial charge on any atom is 0.248 e. The number of piperidine rings is 1. The van der Waals surface area contributed by atoms with Crippen LogP contribution in [0, 0.1) is 5.92 Å². The zero-order chi connectivity index (χ0) is 16.7. The summed E-state index contributed by atoms with van der Waals surface area (Å²) in [5, 5.41) is 5.08. The third kappa shape index (κ3) is 2.76. The fourth-order valence-corrected chi connectivity index (χ4v) is 4.63. The van der Waals surface area contributed by atoms with E-state index in [1.54, 1.807) is 19.2 Å². The van der Waals surface area contributed by atoms with Crippen LogP contribution in [-0.2, 0) is 0 Å². The number of carbonyl (C=O) groups is 1. The van der Waals surface area contributed by atoms with Crippen molar-refractivity contribution in [2.24, 2.45) is 11.7 Å². The predicted molar refractivity (Wildman–Crippen MR) is 93.2 cm³/mol. The number of carbonyl (C=O) groups excluding carboxylic acids is 1. The van der Waals surface area contributed by atoms with Crippen molar-refractivity contribution in [1.29, 1.82) is 0 Å². The Balaban J connectivity index is 1.64. The molecule has 0 spiro atoms. The van der Waals surface area contributed by atoms with Gasteiger partial charge in [0.1, 0.15) is 5.75 Å². The van der Waals surface area contributed by atoms with Gasteiger partial charge in [-0.2, -0.15) is 0 Å². The predicted octanol–water partition coefficient (Wildman–Crippen LogP) is 3.11. The van der Waals surface area contributed by atoms with Crippen molar-refractivity contribution in [2.75, 3.05) is 13.7 Å². The van der Waals surface area contributed by atoms with Crippen molar-refractivity contribution in [1.82, 2.24) is 5.32 Å². The third-order valence-corrected chi connectivity index (χ3v) is 5.95. The number of nitrogens with one attached hydrogen (secondary N) is 1. The summed E-state index contributed by atoms with van der Waals surface area (Å²) in [5.41, 5.74) is 7.23. The van der Waals surface area contributed by atoms with Crippen LogP contribution in [0.15, 0.2) is 30.3 Å². The summed E-state index contributed by atoms with van der Waals surface area (Å²) >= 11 is 1.44. The van der Waals surface area contributed by atoms with Gasteiger partial charge in [0.2, 0.25) is 5.91 Å². The highest BCUT2D eigenvalue weighted by atomic mass is 32.1. The first-order chi connectivity index (χ1) is 11.6. The van der Waals surface area contributed by atoms with Gasteiger partial charge in [-0.1, -0.05) is 11.3 Å². The van der Waals surface area contributed by atoms with E-state index in [0.717, 1.165) is 34.4 Å². The number of benzene rings is 1. The number of rotatable bonds is 5. The lowest BCUT2D eigenvalue weighted by Crippen LogP contribution is -2.29. The SMILES string of the molecule is COc1ccc(Oc2ccc(C(N)=O)c(C3CC4CC3CN4)c2)s1. The summed E-state index contributed by atoms with van der Waals surface area (Å²) in [7, 11) is 1.64. The molecule has 1 aromatic heterocycles. The van der Waals surface area contributed by atoms with Gasteiger partial charge in [-0.15, -0.1) is 0 Å². The first-order valence-corrected chi connectivity index (χ1v) is 8.94. The Labute approximate surface area is 144 Å². The van der Waals surface area contributed by atoms with E-state index in [-0.39, 0.29) is 5.91 Å². The lowest BCUT2D eigenvalue weighted by molar-refractivity contribution is 0.0998. The van der Waals surface area contributed by atoms with E-state index in [9.17, 15) is 4.79 Å². The lowest BCUT2D eigenvalue weighted by atomic mass is 9.85. The maximum absolute atomic E-state index is 11.8. The van der Waals surface area contributed by atoms with Gasteiger partial charge in [-0.25, -0.2) is 0 Å². The zero-order valence-electron chi connectivity index (χ0n) is 13.5. The molecule has 5 nitrogen and oxygen atoms in total. The standard InChI is InChI=1S/C18H20N2O3S/c1-22-16-4-5-17(24-16)23-12-2-3-13(18(19)21)15(8-12)14-7-11-6-10(14)9-20-11/h2-5,8,10-11,14,20H,6-7,9H2,1H3,(H2,19,21). The molecule has 1 aliphatic carbocycles. The van der Waals surface area contributed by atoms with E-state index in [1.807, 2.05) is 18.2 Å². The summed E-state index contributed by atoms with van der Waals surface area (Å²) in [5.74, 6) is 1.31. The second-order valence-electron chi connectivity index (χ2n) is 6.44. The quantitative estimate of drug-likeness (QED) is 0.874. The van der Waals surface area contributed by atoms with E-state index < -0.39 is 0 Å². The molecule has 2 aromatic rings. The highest BCUT2D eigenvalue weighted by Gasteiger charge is 2.41. The van der Waals surface area contributed by atoms with Gasteiger partial charge < -0.3 is 20.5 Å². The van der Waals surface area contributed by atoms with Crippen LogP contribution in [0.1, 0.15) is 34.7 Å². The van der Waals surface area contributed by atoms with E-state index in [1.165, 1.54) is 17.8 Å². The van der Waals surface area contributed by atoms with Crippen LogP contribution in [0.5, 0.6) is 15.9 Å². The summed E-state index contributed by atoms with van der Waals surface area (Å²) < 4.78 is 11.1. The minimum absolute atomic E-state index is 0.370. The van der Waals surface area contributed by atoms with E-state index in [4.69, 9.17) is 15.2 Å². The Kier molecular flexibility index (Phi) is 3.94. The molecule has 2 heterocycles. The molecule has 1 saturated heterocycles. The minimum atomic E-state index is -0.370. The van der Waals surface area contributed by atoms with E-state index >= 15 is 0 Å². The van der Waals surface area contributed by atoms with Crippen molar-refractivity contribution in [3.05, 3.63) is 41.5 Å². The summed E-state index contributed by atoms with van der Waals surface area (Å²) in [6.07, 6.45) is 2.23. The summed E-state index contributed by atoms with van der Waals surface area (Å²) in [6, 6.07) is 9.90. The summed E-state index contributed by atoms with van der Waals surface area (Å²) in [6.45, 7) is 1.01. The highest BCUT2D eigenvalue weighted by Crippen LogP contribution is 2.45. The van der Waals surface area contributed by atoms with Crippen LogP contribution in [0.3, 0.4) is 0 Å². The highest BCUT2D eigenvalue weighted by molar-refractivity contribution is 7.15. The number of ether oxygens (including phenoxy) is 2. The van der Waals surface area contributed by atoms with Crippen LogP contribution in [-0.4, -0.2) is 25.6 Å². The average molecular weight is 344 g/mol. The number of fused-ring (bicyclic) bond motifs is 2. The number of hydrogen-bond acceptors (Lipinski definition) is 5. The molecule has 3 N–H and O–H groups in total. The Morgan fingerprint density at radius 1 is 1.25 bits per heavy atom. The fraction of sp³-hybridized carbons (Fsp3) is 0.389. The number of primary amides is 1. The van der Waals surface area contributed by atoms with Crippen LogP contribution in [0.4, 0.5) is 0 Å². The van der Waals surface area contributed by atoms with Crippen molar-refractivity contribution < 1.29 is 14.3 Å². The summed E-state index contributed by atoms with van der Waals surface area (Å²) in [4.78, 5) is 11.8. The first-order valence-electron chi connectivity index (χ1n) is 8.13. The van der Waals surface area contributed by atoms with Crippen LogP contribution < -0.4 is 20.5 Å². The smallest absolute Gasteiger partial charge is 0.248 e. The Hall–Kier alpha value is -2.05. The first kappa shape index (κ1) is 15.5. The number of methoxy groups -OCH3 is 1. The van der Waals surface area contributed by atoms with Crippen molar-refractivity contribution in [2.45, 2.75) is 24.8 Å². The largest absolute Gasteiger partial charge is 0.487 e. The van der Waals surface area contributed by atoms with Gasteiger partial charge in [-0.05, 0) is 67.1 Å². The normalized spacial score (nSPS) is 25.0. The number of thiophene rings is 1. The molecular formula is C18H20N2O3S. The molecule has 0 radical (unpaired) electrons. The Morgan fingerprint density at radius 3 is 2.71 bits per heavy atom. The van der Waals surface area contributed by atoms with Gasteiger partial charge in [-0.3, -0.25) is 4.79 Å². The zero-order valence-corrected chi connectivity index (χ0v) is 14.3.